The number of nitriles is 5. The van der Waals surface area contributed by atoms with Crippen LogP contribution in [0.5, 0.6) is 0 Å². The van der Waals surface area contributed by atoms with Crippen molar-refractivity contribution < 1.29 is 0 Å². The molecular formula is C64H24N14. The summed E-state index contributed by atoms with van der Waals surface area (Å²) < 4.78 is 7.21. The molecule has 14 nitrogen and oxygen atoms in total. The fourth-order valence-corrected chi connectivity index (χ4v) is 11.3. The summed E-state index contributed by atoms with van der Waals surface area (Å²) in [5.74, 6) is 0. The molecule has 9 aromatic carbocycles. The summed E-state index contributed by atoms with van der Waals surface area (Å²) in [6.07, 6.45) is 0. The van der Waals surface area contributed by atoms with E-state index in [1.165, 1.54) is 0 Å². The molecule has 0 N–H and O–H groups in total. The summed E-state index contributed by atoms with van der Waals surface area (Å²) in [6, 6.07) is 53.1. The van der Waals surface area contributed by atoms with Gasteiger partial charge in [0.15, 0.2) is 22.7 Å². The smallest absolute Gasteiger partial charge is 0.237 e. The number of nitrogens with zero attached hydrogens (tertiary/aromatic N) is 14. The molecule has 0 saturated carbocycles. The van der Waals surface area contributed by atoms with E-state index >= 15 is 0 Å². The molecule has 0 aliphatic rings. The Kier molecular flexibility index (Phi) is 9.71. The van der Waals surface area contributed by atoms with Gasteiger partial charge in [0.25, 0.3) is 0 Å². The van der Waals surface area contributed by atoms with Gasteiger partial charge in [-0.1, -0.05) is 72.8 Å². The molecule has 0 atom stereocenters. The van der Waals surface area contributed by atoms with Gasteiger partial charge in [0.05, 0.1) is 130 Å². The summed E-state index contributed by atoms with van der Waals surface area (Å²) >= 11 is 0. The minimum Gasteiger partial charge on any atom is -0.319 e. The van der Waals surface area contributed by atoms with Crippen LogP contribution in [0.2, 0.25) is 0 Å². The van der Waals surface area contributed by atoms with Gasteiger partial charge in [0.1, 0.15) is 6.07 Å². The van der Waals surface area contributed by atoms with Crippen LogP contribution in [0.25, 0.3) is 134 Å². The zero-order valence-corrected chi connectivity index (χ0v) is 40.1. The predicted molar refractivity (Wildman–Crippen MR) is 299 cm³/mol. The highest BCUT2D eigenvalue weighted by Gasteiger charge is 2.35. The van der Waals surface area contributed by atoms with E-state index in [-0.39, 0.29) is 79.0 Å². The van der Waals surface area contributed by atoms with E-state index in [0.717, 1.165) is 0 Å². The first-order valence-electron chi connectivity index (χ1n) is 23.7. The van der Waals surface area contributed by atoms with Crippen LogP contribution in [0, 0.1) is 89.5 Å². The Morgan fingerprint density at radius 3 is 0.795 bits per heavy atom. The summed E-state index contributed by atoms with van der Waals surface area (Å²) in [5, 5.41) is 59.9. The fourth-order valence-electron chi connectivity index (χ4n) is 11.3. The number of aromatic nitrogens is 4. The topological polar surface area (TPSA) is 160 Å². The van der Waals surface area contributed by atoms with Crippen LogP contribution in [0.4, 0.5) is 28.4 Å². The lowest BCUT2D eigenvalue weighted by Crippen LogP contribution is -2.14. The van der Waals surface area contributed by atoms with E-state index < -0.39 is 0 Å². The van der Waals surface area contributed by atoms with Crippen molar-refractivity contribution in [2.24, 2.45) is 0 Å². The lowest BCUT2D eigenvalue weighted by Gasteiger charge is -2.27. The highest BCUT2D eigenvalue weighted by Crippen LogP contribution is 2.53. The van der Waals surface area contributed by atoms with Crippen LogP contribution >= 0.6 is 0 Å². The molecule has 0 radical (unpaired) electrons. The van der Waals surface area contributed by atoms with Gasteiger partial charge in [-0.3, -0.25) is 0 Å². The molecule has 0 bridgehead atoms. The summed E-state index contributed by atoms with van der Waals surface area (Å²) in [6.45, 7) is 42.7. The molecule has 0 amide bonds. The highest BCUT2D eigenvalue weighted by atomic mass is 15.1. The number of rotatable bonds is 4. The Morgan fingerprint density at radius 1 is 0.269 bits per heavy atom. The average Bonchev–Trinajstić information content (AvgIpc) is 4.30. The molecule has 350 valence electrons. The third-order valence-electron chi connectivity index (χ3n) is 14.5. The fraction of sp³-hybridized carbons (Fsp3) is 0. The normalized spacial score (nSPS) is 10.9. The van der Waals surface area contributed by atoms with Gasteiger partial charge < -0.3 is 18.3 Å². The Labute approximate surface area is 441 Å². The van der Waals surface area contributed by atoms with Crippen LogP contribution in [0.1, 0.15) is 27.8 Å². The molecule has 0 spiro atoms. The van der Waals surface area contributed by atoms with Crippen molar-refractivity contribution in [1.82, 2.24) is 18.3 Å². The summed E-state index contributed by atoms with van der Waals surface area (Å²) in [7, 11) is 0. The van der Waals surface area contributed by atoms with Crippen molar-refractivity contribution in [3.05, 3.63) is 230 Å². The van der Waals surface area contributed by atoms with Gasteiger partial charge in [0, 0.05) is 65.2 Å². The molecule has 13 rings (SSSR count). The molecule has 0 aliphatic carbocycles. The van der Waals surface area contributed by atoms with Gasteiger partial charge in [-0.25, -0.2) is 24.2 Å². The highest BCUT2D eigenvalue weighted by molar-refractivity contribution is 6.18. The first kappa shape index (κ1) is 45.0. The van der Waals surface area contributed by atoms with Crippen LogP contribution in [0.15, 0.2) is 146 Å². The maximum Gasteiger partial charge on any atom is 0.237 e. The van der Waals surface area contributed by atoms with Gasteiger partial charge >= 0.3 is 0 Å². The molecule has 13 aromatic rings. The quantitative estimate of drug-likeness (QED) is 0.160. The average molecular weight is 989 g/mol. The minimum atomic E-state index is -0.123. The SMILES string of the molecule is [C-]#[N+]c1ccc2c3ccc(C#N)cc3n(-c3c(C#N)c(-n4c5cc(C#N)ccc5c5ccc([N+]#[C-])cc54)c(-n4c5cc(C#N)ccc5c5ccc([N+]#[C-])cc54)c(-n4c5cc(C#N)ccc5c5ccc([N+]#[C-])cc54)c3[N+]#[C-])c2c1. The molecule has 0 aliphatic heterocycles. The minimum absolute atomic E-state index is 0.0272. The standard InChI is InChI=1S/C64H24N14/c1-70-39-10-18-47-43-14-6-35(30-65)22-52(43)75(56(47)26-39)61-51(34-69)62(76-53-23-36(31-66)7-15-44(53)48-19-11-40(71-2)27-57(48)76)64(78-55-25-38(33-68)9-17-46(55)50-21-13-42(73-4)29-59(50)78)63(60(61)74-5)77-54-24-37(32-67)8-16-45(54)49-20-12-41(72-3)28-58(49)77/h6-29H. The van der Waals surface area contributed by atoms with E-state index in [2.05, 4.69) is 54.6 Å². The largest absolute Gasteiger partial charge is 0.319 e. The molecular weight excluding hydrogens is 965 g/mol. The van der Waals surface area contributed by atoms with Gasteiger partial charge in [-0.2, -0.15) is 26.3 Å². The zero-order chi connectivity index (χ0) is 53.7. The van der Waals surface area contributed by atoms with Crippen molar-refractivity contribution in [2.45, 2.75) is 0 Å². The number of hydrogen-bond donors (Lipinski definition) is 0. The van der Waals surface area contributed by atoms with Crippen molar-refractivity contribution in [3.63, 3.8) is 0 Å². The van der Waals surface area contributed by atoms with Crippen LogP contribution in [-0.4, -0.2) is 18.3 Å². The molecule has 78 heavy (non-hydrogen) atoms. The Morgan fingerprint density at radius 2 is 0.526 bits per heavy atom. The van der Waals surface area contributed by atoms with E-state index in [1.807, 2.05) is 31.9 Å². The van der Waals surface area contributed by atoms with E-state index in [0.29, 0.717) is 87.2 Å². The number of benzene rings is 9. The van der Waals surface area contributed by atoms with Gasteiger partial charge in [-0.05, 0) is 72.8 Å². The van der Waals surface area contributed by atoms with Crippen molar-refractivity contribution in [2.75, 3.05) is 0 Å². The maximum atomic E-state index is 12.5. The predicted octanol–water partition coefficient (Wildman–Crippen LogP) is 16.2. The number of hydrogen-bond acceptors (Lipinski definition) is 5. The Bertz CT molecular complexity index is 4990. The first-order chi connectivity index (χ1) is 38.2. The molecule has 0 fully saturated rings. The second-order valence-corrected chi connectivity index (χ2v) is 18.3. The third-order valence-corrected chi connectivity index (χ3v) is 14.5. The van der Waals surface area contributed by atoms with E-state index in [1.54, 1.807) is 132 Å². The van der Waals surface area contributed by atoms with Gasteiger partial charge in [-0.15, -0.1) is 0 Å². The van der Waals surface area contributed by atoms with Crippen molar-refractivity contribution in [1.29, 1.82) is 26.3 Å². The zero-order valence-electron chi connectivity index (χ0n) is 40.1. The lowest BCUT2D eigenvalue weighted by atomic mass is 10.0. The number of fused-ring (bicyclic) bond motifs is 12. The maximum absolute atomic E-state index is 12.5. The molecule has 4 heterocycles. The van der Waals surface area contributed by atoms with E-state index in [4.69, 9.17) is 26.3 Å². The second kappa shape index (κ2) is 16.8. The Hall–Kier alpha value is -12.9. The molecule has 0 unspecified atom stereocenters. The lowest BCUT2D eigenvalue weighted by molar-refractivity contribution is 1.03. The molecule has 0 saturated heterocycles. The van der Waals surface area contributed by atoms with Crippen LogP contribution < -0.4 is 0 Å². The first-order valence-corrected chi connectivity index (χ1v) is 23.7. The van der Waals surface area contributed by atoms with E-state index in [9.17, 15) is 32.9 Å². The second-order valence-electron chi connectivity index (χ2n) is 18.3. The van der Waals surface area contributed by atoms with Crippen molar-refractivity contribution >= 4 is 116 Å². The van der Waals surface area contributed by atoms with Gasteiger partial charge in [0.2, 0.25) is 5.69 Å². The van der Waals surface area contributed by atoms with Crippen LogP contribution in [-0.2, 0) is 0 Å². The summed E-state index contributed by atoms with van der Waals surface area (Å²) in [4.78, 5) is 19.8. The Balaban J connectivity index is 1.45. The van der Waals surface area contributed by atoms with Crippen molar-refractivity contribution in [3.8, 4) is 53.1 Å². The molecule has 14 heteroatoms. The monoisotopic (exact) mass is 988 g/mol. The molecule has 4 aromatic heterocycles. The third kappa shape index (κ3) is 6.13. The summed E-state index contributed by atoms with van der Waals surface area (Å²) in [5.41, 5.74) is 5.78. The van der Waals surface area contributed by atoms with Crippen LogP contribution in [0.3, 0.4) is 0 Å².